The summed E-state index contributed by atoms with van der Waals surface area (Å²) >= 11 is 1.60. The van der Waals surface area contributed by atoms with Gasteiger partial charge in [0.15, 0.2) is 0 Å². The van der Waals surface area contributed by atoms with Crippen LogP contribution in [0, 0.1) is 11.8 Å². The number of amides is 1. The summed E-state index contributed by atoms with van der Waals surface area (Å²) in [6.45, 7) is 2.97. The molecule has 3 nitrogen and oxygen atoms in total. The molecule has 0 heterocycles. The average Bonchev–Trinajstić information content (AvgIpc) is 2.37. The molecule has 0 unspecified atom stereocenters. The molecule has 96 valence electrons. The number of benzene rings is 1. The molecule has 1 aromatic carbocycles. The fourth-order valence-electron chi connectivity index (χ4n) is 1.40. The Morgan fingerprint density at radius 2 is 2.33 bits per heavy atom. The zero-order valence-corrected chi connectivity index (χ0v) is 11.3. The van der Waals surface area contributed by atoms with Gasteiger partial charge >= 0.3 is 0 Å². The lowest BCUT2D eigenvalue weighted by Crippen LogP contribution is -2.24. The second kappa shape index (κ2) is 8.62. The van der Waals surface area contributed by atoms with E-state index in [0.717, 1.165) is 11.3 Å². The number of hydrogen-bond acceptors (Lipinski definition) is 3. The molecule has 0 aliphatic carbocycles. The first kappa shape index (κ1) is 14.6. The molecule has 0 radical (unpaired) electrons. The number of carbonyl (C=O) groups excluding carboxylic acids is 1. The second-order valence-corrected chi connectivity index (χ2v) is 4.64. The number of carbonyl (C=O) groups is 1. The Morgan fingerprint density at radius 1 is 1.50 bits per heavy atom. The van der Waals surface area contributed by atoms with Crippen LogP contribution < -0.4 is 11.1 Å². The third-order valence-electron chi connectivity index (χ3n) is 2.14. The van der Waals surface area contributed by atoms with Crippen molar-refractivity contribution in [3.8, 4) is 11.8 Å². The molecule has 0 fully saturated rings. The van der Waals surface area contributed by atoms with Gasteiger partial charge in [-0.05, 0) is 24.6 Å². The normalized spacial score (nSPS) is 9.44. The van der Waals surface area contributed by atoms with Crippen LogP contribution in [0.4, 0.5) is 0 Å². The van der Waals surface area contributed by atoms with Crippen LogP contribution in [0.1, 0.15) is 18.1 Å². The van der Waals surface area contributed by atoms with Gasteiger partial charge in [0.25, 0.3) is 0 Å². The largest absolute Gasteiger partial charge is 0.356 e. The van der Waals surface area contributed by atoms with E-state index in [1.165, 1.54) is 5.56 Å². The van der Waals surface area contributed by atoms with Crippen LogP contribution in [-0.2, 0) is 10.5 Å². The fraction of sp³-hybridized carbons (Fsp3) is 0.357. The van der Waals surface area contributed by atoms with Crippen molar-refractivity contribution in [1.29, 1.82) is 0 Å². The van der Waals surface area contributed by atoms with Crippen molar-refractivity contribution < 1.29 is 4.79 Å². The Balaban J connectivity index is 2.45. The molecule has 3 N–H and O–H groups in total. The zero-order valence-electron chi connectivity index (χ0n) is 10.5. The van der Waals surface area contributed by atoms with Gasteiger partial charge in [-0.3, -0.25) is 4.79 Å². The lowest BCUT2D eigenvalue weighted by molar-refractivity contribution is -0.118. The topological polar surface area (TPSA) is 55.1 Å². The molecule has 18 heavy (non-hydrogen) atoms. The van der Waals surface area contributed by atoms with E-state index < -0.39 is 0 Å². The molecule has 0 aromatic heterocycles. The molecule has 1 amide bonds. The van der Waals surface area contributed by atoms with E-state index in [0.29, 0.717) is 18.8 Å². The van der Waals surface area contributed by atoms with Gasteiger partial charge in [0.05, 0.1) is 12.3 Å². The average molecular weight is 262 g/mol. The number of hydrogen-bond donors (Lipinski definition) is 2. The van der Waals surface area contributed by atoms with Crippen molar-refractivity contribution in [3.63, 3.8) is 0 Å². The Hall–Kier alpha value is -1.44. The first-order valence-electron chi connectivity index (χ1n) is 5.88. The fourth-order valence-corrected chi connectivity index (χ4v) is 2.21. The van der Waals surface area contributed by atoms with Crippen molar-refractivity contribution in [2.24, 2.45) is 5.73 Å². The minimum absolute atomic E-state index is 0.0848. The number of nitrogens with two attached hydrogens (primary N) is 1. The zero-order chi connectivity index (χ0) is 13.2. The van der Waals surface area contributed by atoms with Crippen molar-refractivity contribution >= 4 is 17.7 Å². The van der Waals surface area contributed by atoms with Gasteiger partial charge in [-0.1, -0.05) is 24.0 Å². The number of thioether (sulfide) groups is 1. The second-order valence-electron chi connectivity index (χ2n) is 3.65. The lowest BCUT2D eigenvalue weighted by Gasteiger charge is -2.03. The summed E-state index contributed by atoms with van der Waals surface area (Å²) in [5.74, 6) is 7.22. The Labute approximate surface area is 113 Å². The Morgan fingerprint density at radius 3 is 3.06 bits per heavy atom. The quantitative estimate of drug-likeness (QED) is 0.788. The smallest absolute Gasteiger partial charge is 0.229 e. The van der Waals surface area contributed by atoms with Gasteiger partial charge in [-0.15, -0.1) is 11.8 Å². The standard InChI is InChI=1S/C14H18N2OS/c1-2-16-14(17)11-18-10-13-6-3-5-12(9-13)7-4-8-15/h3,5-6,9H,2,8,10-11,15H2,1H3,(H,16,17). The molecular weight excluding hydrogens is 244 g/mol. The van der Waals surface area contributed by atoms with Gasteiger partial charge in [0.1, 0.15) is 0 Å². The predicted molar refractivity (Wildman–Crippen MR) is 77.2 cm³/mol. The summed E-state index contributed by atoms with van der Waals surface area (Å²) in [4.78, 5) is 11.3. The highest BCUT2D eigenvalue weighted by Gasteiger charge is 2.00. The highest BCUT2D eigenvalue weighted by Crippen LogP contribution is 2.13. The van der Waals surface area contributed by atoms with Crippen LogP contribution >= 0.6 is 11.8 Å². The number of rotatable bonds is 5. The maximum atomic E-state index is 11.3. The summed E-state index contributed by atoms with van der Waals surface area (Å²) in [5.41, 5.74) is 7.48. The molecule has 0 spiro atoms. The minimum Gasteiger partial charge on any atom is -0.356 e. The molecule has 4 heteroatoms. The van der Waals surface area contributed by atoms with Crippen LogP contribution in [-0.4, -0.2) is 24.7 Å². The van der Waals surface area contributed by atoms with E-state index in [1.54, 1.807) is 11.8 Å². The monoisotopic (exact) mass is 262 g/mol. The molecule has 1 aromatic rings. The number of nitrogens with one attached hydrogen (secondary N) is 1. The molecule has 0 aliphatic rings. The van der Waals surface area contributed by atoms with Crippen LogP contribution in [0.5, 0.6) is 0 Å². The maximum absolute atomic E-state index is 11.3. The van der Waals surface area contributed by atoms with E-state index >= 15 is 0 Å². The van der Waals surface area contributed by atoms with Crippen molar-refractivity contribution in [2.75, 3.05) is 18.8 Å². The lowest BCUT2D eigenvalue weighted by atomic mass is 10.1. The first-order valence-corrected chi connectivity index (χ1v) is 7.04. The van der Waals surface area contributed by atoms with E-state index in [4.69, 9.17) is 5.73 Å². The molecular formula is C14H18N2OS. The van der Waals surface area contributed by atoms with Crippen LogP contribution in [0.25, 0.3) is 0 Å². The van der Waals surface area contributed by atoms with Crippen LogP contribution in [0.3, 0.4) is 0 Å². The molecule has 1 rings (SSSR count). The predicted octanol–water partition coefficient (Wildman–Crippen LogP) is 1.37. The van der Waals surface area contributed by atoms with Gasteiger partial charge in [0.2, 0.25) is 5.91 Å². The first-order chi connectivity index (χ1) is 8.76. The van der Waals surface area contributed by atoms with Gasteiger partial charge in [0, 0.05) is 17.9 Å². The summed E-state index contributed by atoms with van der Waals surface area (Å²) in [7, 11) is 0. The minimum atomic E-state index is 0.0848. The van der Waals surface area contributed by atoms with E-state index in [2.05, 4.69) is 17.2 Å². The highest BCUT2D eigenvalue weighted by atomic mass is 32.2. The summed E-state index contributed by atoms with van der Waals surface area (Å²) in [5, 5.41) is 2.78. The van der Waals surface area contributed by atoms with Crippen molar-refractivity contribution in [1.82, 2.24) is 5.32 Å². The molecule has 0 saturated carbocycles. The van der Waals surface area contributed by atoms with E-state index in [1.807, 2.05) is 31.2 Å². The molecule has 0 atom stereocenters. The maximum Gasteiger partial charge on any atom is 0.229 e. The Kier molecular flexibility index (Phi) is 7.00. The van der Waals surface area contributed by atoms with E-state index in [9.17, 15) is 4.79 Å². The molecule has 0 aliphatic heterocycles. The third-order valence-corrected chi connectivity index (χ3v) is 3.14. The summed E-state index contributed by atoms with van der Waals surface area (Å²) < 4.78 is 0. The van der Waals surface area contributed by atoms with Gasteiger partial charge in [-0.2, -0.15) is 0 Å². The van der Waals surface area contributed by atoms with Gasteiger partial charge < -0.3 is 11.1 Å². The third kappa shape index (κ3) is 5.76. The van der Waals surface area contributed by atoms with Crippen molar-refractivity contribution in [3.05, 3.63) is 35.4 Å². The SMILES string of the molecule is CCNC(=O)CSCc1cccc(C#CCN)c1. The molecule has 0 bridgehead atoms. The summed E-state index contributed by atoms with van der Waals surface area (Å²) in [6, 6.07) is 8.01. The summed E-state index contributed by atoms with van der Waals surface area (Å²) in [6.07, 6.45) is 0. The Bertz CT molecular complexity index is 449. The van der Waals surface area contributed by atoms with Gasteiger partial charge in [-0.25, -0.2) is 0 Å². The van der Waals surface area contributed by atoms with Crippen LogP contribution in [0.2, 0.25) is 0 Å². The highest BCUT2D eigenvalue weighted by molar-refractivity contribution is 7.99. The van der Waals surface area contributed by atoms with Crippen LogP contribution in [0.15, 0.2) is 24.3 Å². The molecule has 0 saturated heterocycles. The van der Waals surface area contributed by atoms with E-state index in [-0.39, 0.29) is 5.91 Å². The van der Waals surface area contributed by atoms with Crippen molar-refractivity contribution in [2.45, 2.75) is 12.7 Å².